The van der Waals surface area contributed by atoms with Gasteiger partial charge in [-0.3, -0.25) is 9.59 Å². The molecule has 0 N–H and O–H groups in total. The highest BCUT2D eigenvalue weighted by atomic mass is 16.6. The maximum atomic E-state index is 11.7. The van der Waals surface area contributed by atoms with E-state index >= 15 is 0 Å². The third kappa shape index (κ3) is 22.6. The molecule has 0 fully saturated rings. The number of carbonyl (C=O) groups is 4. The first kappa shape index (κ1) is 27.5. The van der Waals surface area contributed by atoms with Gasteiger partial charge in [0.1, 0.15) is 11.6 Å². The maximum Gasteiger partial charge on any atom is 0.313 e. The second kappa shape index (κ2) is 19.8. The summed E-state index contributed by atoms with van der Waals surface area (Å²) < 4.78 is 4.87. The van der Waals surface area contributed by atoms with E-state index in [2.05, 4.69) is 0 Å². The summed E-state index contributed by atoms with van der Waals surface area (Å²) in [7, 11) is 0. The largest absolute Gasteiger partial charge is 0.393 e. The van der Waals surface area contributed by atoms with Crippen LogP contribution in [0.2, 0.25) is 0 Å². The fraction of sp³-hybridized carbons (Fsp3) is 0.833. The zero-order valence-corrected chi connectivity index (χ0v) is 18.8. The van der Waals surface area contributed by atoms with Crippen LogP contribution in [-0.2, 0) is 23.9 Å². The van der Waals surface area contributed by atoms with Gasteiger partial charge in [0, 0.05) is 25.7 Å². The first-order valence-corrected chi connectivity index (χ1v) is 11.6. The Labute approximate surface area is 177 Å². The van der Waals surface area contributed by atoms with Crippen molar-refractivity contribution < 1.29 is 23.9 Å². The van der Waals surface area contributed by atoms with Gasteiger partial charge in [-0.25, -0.2) is 0 Å². The summed E-state index contributed by atoms with van der Waals surface area (Å²) in [6, 6.07) is 0. The molecule has 0 aliphatic heterocycles. The molecular weight excluding hydrogens is 368 g/mol. The van der Waals surface area contributed by atoms with Crippen molar-refractivity contribution in [3.05, 3.63) is 0 Å². The van der Waals surface area contributed by atoms with Crippen molar-refractivity contribution in [2.45, 2.75) is 129 Å². The highest BCUT2D eigenvalue weighted by Gasteiger charge is 2.09. The third-order valence-electron chi connectivity index (χ3n) is 5.05. The minimum Gasteiger partial charge on any atom is -0.393 e. The van der Waals surface area contributed by atoms with Crippen molar-refractivity contribution in [3.8, 4) is 0 Å². The first-order valence-electron chi connectivity index (χ1n) is 11.6. The van der Waals surface area contributed by atoms with E-state index in [9.17, 15) is 19.2 Å². The van der Waals surface area contributed by atoms with E-state index in [-0.39, 0.29) is 11.6 Å². The van der Waals surface area contributed by atoms with Gasteiger partial charge in [0.05, 0.1) is 0 Å². The van der Waals surface area contributed by atoms with Crippen LogP contribution in [0.5, 0.6) is 0 Å². The maximum absolute atomic E-state index is 11.7. The molecule has 0 aromatic heterocycles. The van der Waals surface area contributed by atoms with Crippen molar-refractivity contribution in [1.82, 2.24) is 0 Å². The van der Waals surface area contributed by atoms with Gasteiger partial charge in [0.2, 0.25) is 0 Å². The van der Waals surface area contributed by atoms with E-state index in [0.717, 1.165) is 89.9 Å². The summed E-state index contributed by atoms with van der Waals surface area (Å²) in [4.78, 5) is 45.0. The fourth-order valence-electron chi connectivity index (χ4n) is 3.28. The topological polar surface area (TPSA) is 77.5 Å². The Hall–Kier alpha value is -1.52. The van der Waals surface area contributed by atoms with Gasteiger partial charge < -0.3 is 14.3 Å². The molecule has 5 heteroatoms. The summed E-state index contributed by atoms with van der Waals surface area (Å²) in [6.07, 6.45) is 16.3. The highest BCUT2D eigenvalue weighted by Crippen LogP contribution is 2.12. The zero-order chi connectivity index (χ0) is 21.7. The molecule has 0 aromatic rings. The van der Waals surface area contributed by atoms with Crippen molar-refractivity contribution in [3.63, 3.8) is 0 Å². The molecule has 29 heavy (non-hydrogen) atoms. The second-order valence-electron chi connectivity index (χ2n) is 8.20. The molecule has 0 spiro atoms. The smallest absolute Gasteiger partial charge is 0.313 e. The molecule has 168 valence electrons. The lowest BCUT2D eigenvalue weighted by Gasteiger charge is -2.04. The van der Waals surface area contributed by atoms with Crippen molar-refractivity contribution in [2.24, 2.45) is 0 Å². The third-order valence-corrected chi connectivity index (χ3v) is 5.05. The number of esters is 2. The van der Waals surface area contributed by atoms with Crippen LogP contribution in [0.25, 0.3) is 0 Å². The number of ketones is 2. The lowest BCUT2D eigenvalue weighted by Crippen LogP contribution is -2.11. The monoisotopic (exact) mass is 410 g/mol. The van der Waals surface area contributed by atoms with E-state index in [1.807, 2.05) is 0 Å². The molecule has 0 unspecified atom stereocenters. The summed E-state index contributed by atoms with van der Waals surface area (Å²) in [6.45, 7) is 3.26. The van der Waals surface area contributed by atoms with E-state index in [0.29, 0.717) is 25.7 Å². The summed E-state index contributed by atoms with van der Waals surface area (Å²) in [5, 5.41) is 0. The number of rotatable bonds is 20. The van der Waals surface area contributed by atoms with Crippen molar-refractivity contribution >= 4 is 23.5 Å². The summed E-state index contributed by atoms with van der Waals surface area (Å²) >= 11 is 0. The number of unbranched alkanes of at least 4 members (excludes halogenated alkanes) is 12. The Morgan fingerprint density at radius 3 is 0.931 bits per heavy atom. The van der Waals surface area contributed by atoms with Crippen LogP contribution in [0.15, 0.2) is 0 Å². The van der Waals surface area contributed by atoms with E-state index < -0.39 is 11.9 Å². The van der Waals surface area contributed by atoms with Crippen molar-refractivity contribution in [1.29, 1.82) is 0 Å². The SMILES string of the molecule is CC(=O)CCCCCCCCCC(=O)OC(=O)CCCCCCCCCC(C)=O. The Morgan fingerprint density at radius 2 is 0.655 bits per heavy atom. The Morgan fingerprint density at radius 1 is 0.414 bits per heavy atom. The van der Waals surface area contributed by atoms with Crippen molar-refractivity contribution in [2.75, 3.05) is 0 Å². The van der Waals surface area contributed by atoms with E-state index in [4.69, 9.17) is 4.74 Å². The van der Waals surface area contributed by atoms with Crippen LogP contribution in [0.4, 0.5) is 0 Å². The van der Waals surface area contributed by atoms with Gasteiger partial charge in [0.25, 0.3) is 0 Å². The molecular formula is C24H42O5. The van der Waals surface area contributed by atoms with Gasteiger partial charge in [-0.05, 0) is 39.5 Å². The van der Waals surface area contributed by atoms with Crippen LogP contribution >= 0.6 is 0 Å². The van der Waals surface area contributed by atoms with Gasteiger partial charge in [-0.15, -0.1) is 0 Å². The van der Waals surface area contributed by atoms with Crippen LogP contribution in [0.3, 0.4) is 0 Å². The van der Waals surface area contributed by atoms with E-state index in [1.165, 1.54) is 0 Å². The van der Waals surface area contributed by atoms with Crippen LogP contribution < -0.4 is 0 Å². The van der Waals surface area contributed by atoms with Gasteiger partial charge in [-0.1, -0.05) is 64.2 Å². The molecule has 0 aliphatic carbocycles. The van der Waals surface area contributed by atoms with Gasteiger partial charge in [0.15, 0.2) is 0 Å². The lowest BCUT2D eigenvalue weighted by atomic mass is 10.1. The molecule has 0 atom stereocenters. The summed E-state index contributed by atoms with van der Waals surface area (Å²) in [5.74, 6) is -0.282. The standard InChI is InChI=1S/C24H42O5/c1-21(25)17-13-9-5-3-7-11-15-19-23(27)29-24(28)20-16-12-8-4-6-10-14-18-22(2)26/h3-20H2,1-2H3. The number of hydrogen-bond acceptors (Lipinski definition) is 5. The van der Waals surface area contributed by atoms with Gasteiger partial charge >= 0.3 is 11.9 Å². The predicted molar refractivity (Wildman–Crippen MR) is 116 cm³/mol. The number of carbonyl (C=O) groups excluding carboxylic acids is 4. The molecule has 0 aromatic carbocycles. The van der Waals surface area contributed by atoms with Crippen LogP contribution in [0.1, 0.15) is 129 Å². The molecule has 0 heterocycles. The second-order valence-corrected chi connectivity index (χ2v) is 8.20. The Kier molecular flexibility index (Phi) is 18.7. The van der Waals surface area contributed by atoms with E-state index in [1.54, 1.807) is 13.8 Å². The number of hydrogen-bond donors (Lipinski definition) is 0. The Balaban J connectivity index is 3.38. The molecule has 0 aliphatic rings. The molecule has 0 saturated carbocycles. The summed E-state index contributed by atoms with van der Waals surface area (Å²) in [5.41, 5.74) is 0. The normalized spacial score (nSPS) is 10.7. The number of Topliss-reactive ketones (excluding diaryl/α,β-unsaturated/α-hetero) is 2. The number of ether oxygens (including phenoxy) is 1. The molecule has 0 bridgehead atoms. The molecule has 5 nitrogen and oxygen atoms in total. The Bertz CT molecular complexity index is 428. The minimum absolute atomic E-state index is 0.260. The highest BCUT2D eigenvalue weighted by molar-refractivity contribution is 5.85. The molecule has 0 rings (SSSR count). The zero-order valence-electron chi connectivity index (χ0n) is 18.8. The first-order chi connectivity index (χ1) is 13.9. The minimum atomic E-state index is -0.401. The average Bonchev–Trinajstić information content (AvgIpc) is 2.64. The van der Waals surface area contributed by atoms with Crippen LogP contribution in [0, 0.1) is 0 Å². The molecule has 0 saturated heterocycles. The fourth-order valence-corrected chi connectivity index (χ4v) is 3.28. The quantitative estimate of drug-likeness (QED) is 0.134. The predicted octanol–water partition coefficient (Wildman–Crippen LogP) is 6.26. The van der Waals surface area contributed by atoms with Crippen LogP contribution in [-0.4, -0.2) is 23.5 Å². The molecule has 0 radical (unpaired) electrons. The lowest BCUT2D eigenvalue weighted by molar-refractivity contribution is -0.159. The average molecular weight is 411 g/mol. The molecule has 0 amide bonds. The van der Waals surface area contributed by atoms with Gasteiger partial charge in [-0.2, -0.15) is 0 Å².